The van der Waals surface area contributed by atoms with Gasteiger partial charge in [0.15, 0.2) is 0 Å². The molecule has 0 bridgehead atoms. The van der Waals surface area contributed by atoms with Crippen molar-refractivity contribution in [1.29, 1.82) is 0 Å². The van der Waals surface area contributed by atoms with E-state index in [1.807, 2.05) is 35.0 Å². The van der Waals surface area contributed by atoms with Crippen molar-refractivity contribution >= 4 is 34.1 Å². The minimum Gasteiger partial charge on any atom is -0.347 e. The Morgan fingerprint density at radius 1 is 1.07 bits per heavy atom. The molecular weight excluding hydrogens is 402 g/mol. The van der Waals surface area contributed by atoms with Crippen molar-refractivity contribution in [2.75, 3.05) is 24.2 Å². The van der Waals surface area contributed by atoms with Crippen molar-refractivity contribution in [2.45, 2.75) is 37.1 Å². The predicted octanol–water partition coefficient (Wildman–Crippen LogP) is 4.36. The summed E-state index contributed by atoms with van der Waals surface area (Å²) in [5.74, 6) is -0.115. The Morgan fingerprint density at radius 3 is 2.52 bits per heavy atom. The first-order valence-corrected chi connectivity index (χ1v) is 12.0. The summed E-state index contributed by atoms with van der Waals surface area (Å²) in [4.78, 5) is 16.3. The second kappa shape index (κ2) is 9.45. The molecule has 1 aliphatic heterocycles. The number of carbonyl (C=O) groups is 1. The van der Waals surface area contributed by atoms with E-state index in [2.05, 4.69) is 38.8 Å². The third-order valence-corrected chi connectivity index (χ3v) is 6.81. The highest BCUT2D eigenvalue weighted by molar-refractivity contribution is 7.98. The van der Waals surface area contributed by atoms with Gasteiger partial charge in [-0.05, 0) is 48.9 Å². The van der Waals surface area contributed by atoms with Crippen LogP contribution in [-0.4, -0.2) is 40.0 Å². The lowest BCUT2D eigenvalue weighted by molar-refractivity contribution is 0.0944. The van der Waals surface area contributed by atoms with Crippen molar-refractivity contribution in [1.82, 2.24) is 20.1 Å². The van der Waals surface area contributed by atoms with Crippen LogP contribution >= 0.6 is 23.1 Å². The number of thioether (sulfide) groups is 1. The number of nitrogens with one attached hydrogen (secondary N) is 1. The standard InChI is InChI=1S/C21H25N5OS2/c1-28-17-10-8-16(9-11-17)15-22-19(27)18-7-6-14-26(18)21-24-23-20(29-21)25-12-4-2-3-5-13-25/h6-11,14H,2-5,12-13,15H2,1H3,(H,22,27). The minimum absolute atomic E-state index is 0.115. The van der Waals surface area contributed by atoms with Gasteiger partial charge in [-0.25, -0.2) is 0 Å². The largest absolute Gasteiger partial charge is 0.347 e. The van der Waals surface area contributed by atoms with Crippen LogP contribution in [0.2, 0.25) is 0 Å². The molecule has 6 nitrogen and oxygen atoms in total. The minimum atomic E-state index is -0.115. The van der Waals surface area contributed by atoms with Crippen LogP contribution in [0.15, 0.2) is 47.5 Å². The van der Waals surface area contributed by atoms with Crippen molar-refractivity contribution in [3.05, 3.63) is 53.9 Å². The van der Waals surface area contributed by atoms with Crippen molar-refractivity contribution < 1.29 is 4.79 Å². The van der Waals surface area contributed by atoms with Crippen molar-refractivity contribution in [3.63, 3.8) is 0 Å². The van der Waals surface area contributed by atoms with Crippen LogP contribution in [0.3, 0.4) is 0 Å². The van der Waals surface area contributed by atoms with E-state index in [0.29, 0.717) is 12.2 Å². The van der Waals surface area contributed by atoms with Gasteiger partial charge < -0.3 is 10.2 Å². The molecule has 0 radical (unpaired) electrons. The summed E-state index contributed by atoms with van der Waals surface area (Å²) >= 11 is 3.25. The molecule has 29 heavy (non-hydrogen) atoms. The average Bonchev–Trinajstić information content (AvgIpc) is 3.36. The summed E-state index contributed by atoms with van der Waals surface area (Å²) in [7, 11) is 0. The van der Waals surface area contributed by atoms with Gasteiger partial charge in [0.1, 0.15) is 5.69 Å². The van der Waals surface area contributed by atoms with E-state index < -0.39 is 0 Å². The van der Waals surface area contributed by atoms with Crippen molar-refractivity contribution in [2.24, 2.45) is 0 Å². The van der Waals surface area contributed by atoms with E-state index in [0.717, 1.165) is 28.9 Å². The monoisotopic (exact) mass is 427 g/mol. The Morgan fingerprint density at radius 2 is 1.79 bits per heavy atom. The van der Waals surface area contributed by atoms with Gasteiger partial charge in [0.2, 0.25) is 10.3 Å². The summed E-state index contributed by atoms with van der Waals surface area (Å²) < 4.78 is 1.82. The summed E-state index contributed by atoms with van der Waals surface area (Å²) in [5, 5.41) is 13.4. The quantitative estimate of drug-likeness (QED) is 0.592. The number of nitrogens with zero attached hydrogens (tertiary/aromatic N) is 4. The molecule has 2 aromatic heterocycles. The molecule has 0 spiro atoms. The molecule has 3 aromatic rings. The van der Waals surface area contributed by atoms with E-state index in [1.165, 1.54) is 30.6 Å². The Labute approximate surface area is 179 Å². The molecule has 1 aliphatic rings. The average molecular weight is 428 g/mol. The fourth-order valence-corrected chi connectivity index (χ4v) is 4.75. The molecule has 1 N–H and O–H groups in total. The number of amides is 1. The van der Waals surface area contributed by atoms with Gasteiger partial charge in [-0.1, -0.05) is 36.3 Å². The second-order valence-corrected chi connectivity index (χ2v) is 8.88. The van der Waals surface area contributed by atoms with Crippen LogP contribution in [0.1, 0.15) is 41.7 Å². The Balaban J connectivity index is 1.44. The molecular formula is C21H25N5OS2. The zero-order chi connectivity index (χ0) is 20.1. The number of carbonyl (C=O) groups excluding carboxylic acids is 1. The SMILES string of the molecule is CSc1ccc(CNC(=O)c2cccn2-c2nnc(N3CCCCCC3)s2)cc1. The maximum atomic E-state index is 12.8. The molecule has 0 saturated carbocycles. The normalized spacial score (nSPS) is 14.6. The molecule has 8 heteroatoms. The van der Waals surface area contributed by atoms with E-state index in [-0.39, 0.29) is 5.91 Å². The van der Waals surface area contributed by atoms with Crippen LogP contribution in [0.25, 0.3) is 5.13 Å². The lowest BCUT2D eigenvalue weighted by Gasteiger charge is -2.17. The third-order valence-electron chi connectivity index (χ3n) is 5.08. The molecule has 0 aliphatic carbocycles. The van der Waals surface area contributed by atoms with Gasteiger partial charge in [0.25, 0.3) is 5.91 Å². The molecule has 0 atom stereocenters. The third kappa shape index (κ3) is 4.82. The van der Waals surface area contributed by atoms with Crippen LogP contribution < -0.4 is 10.2 Å². The van der Waals surface area contributed by atoms with Crippen LogP contribution in [0, 0.1) is 0 Å². The highest BCUT2D eigenvalue weighted by Crippen LogP contribution is 2.26. The van der Waals surface area contributed by atoms with Crippen LogP contribution in [-0.2, 0) is 6.54 Å². The topological polar surface area (TPSA) is 63.1 Å². The summed E-state index contributed by atoms with van der Waals surface area (Å²) in [6.07, 6.45) is 8.88. The highest BCUT2D eigenvalue weighted by Gasteiger charge is 2.18. The van der Waals surface area contributed by atoms with Crippen LogP contribution in [0.4, 0.5) is 5.13 Å². The van der Waals surface area contributed by atoms with E-state index in [1.54, 1.807) is 23.1 Å². The molecule has 3 heterocycles. The molecule has 152 valence electrons. The number of hydrogen-bond acceptors (Lipinski definition) is 6. The zero-order valence-corrected chi connectivity index (χ0v) is 18.1. The lowest BCUT2D eigenvalue weighted by atomic mass is 10.2. The molecule has 0 unspecified atom stereocenters. The van der Waals surface area contributed by atoms with Gasteiger partial charge in [0, 0.05) is 30.7 Å². The van der Waals surface area contributed by atoms with Gasteiger partial charge in [-0.3, -0.25) is 9.36 Å². The number of benzene rings is 1. The Hall–Kier alpha value is -2.32. The van der Waals surface area contributed by atoms with E-state index in [9.17, 15) is 4.79 Å². The maximum Gasteiger partial charge on any atom is 0.268 e. The van der Waals surface area contributed by atoms with Crippen LogP contribution in [0.5, 0.6) is 0 Å². The molecule has 1 fully saturated rings. The molecule has 1 saturated heterocycles. The smallest absolute Gasteiger partial charge is 0.268 e. The number of hydrogen-bond donors (Lipinski definition) is 1. The van der Waals surface area contributed by atoms with Gasteiger partial charge in [0.05, 0.1) is 0 Å². The summed E-state index contributed by atoms with van der Waals surface area (Å²) in [5.41, 5.74) is 1.65. The number of aromatic nitrogens is 3. The molecule has 4 rings (SSSR count). The Bertz CT molecular complexity index is 942. The first-order chi connectivity index (χ1) is 14.2. The fourth-order valence-electron chi connectivity index (χ4n) is 3.44. The van der Waals surface area contributed by atoms with E-state index >= 15 is 0 Å². The first-order valence-electron chi connectivity index (χ1n) is 9.92. The summed E-state index contributed by atoms with van der Waals surface area (Å²) in [6.45, 7) is 2.56. The predicted molar refractivity (Wildman–Crippen MR) is 119 cm³/mol. The van der Waals surface area contributed by atoms with Gasteiger partial charge in [-0.2, -0.15) is 0 Å². The fraction of sp³-hybridized carbons (Fsp3) is 0.381. The lowest BCUT2D eigenvalue weighted by Crippen LogP contribution is -2.25. The summed E-state index contributed by atoms with van der Waals surface area (Å²) in [6, 6.07) is 11.9. The second-order valence-electron chi connectivity index (χ2n) is 7.06. The van der Waals surface area contributed by atoms with Gasteiger partial charge in [-0.15, -0.1) is 22.0 Å². The number of rotatable bonds is 6. The Kier molecular flexibility index (Phi) is 6.51. The number of anilines is 1. The van der Waals surface area contributed by atoms with Gasteiger partial charge >= 0.3 is 0 Å². The highest BCUT2D eigenvalue weighted by atomic mass is 32.2. The molecule has 1 amide bonds. The van der Waals surface area contributed by atoms with Crippen molar-refractivity contribution in [3.8, 4) is 5.13 Å². The maximum absolute atomic E-state index is 12.8. The molecule has 1 aromatic carbocycles. The zero-order valence-electron chi connectivity index (χ0n) is 16.5. The van der Waals surface area contributed by atoms with E-state index in [4.69, 9.17) is 0 Å². The first kappa shape index (κ1) is 20.0.